The summed E-state index contributed by atoms with van der Waals surface area (Å²) in [4.78, 5) is 17.3. The number of para-hydroxylation sites is 1. The van der Waals surface area contributed by atoms with Crippen molar-refractivity contribution in [3.63, 3.8) is 0 Å². The van der Waals surface area contributed by atoms with E-state index in [1.54, 1.807) is 36.9 Å². The van der Waals surface area contributed by atoms with Gasteiger partial charge in [0.1, 0.15) is 0 Å². The average Bonchev–Trinajstić information content (AvgIpc) is 3.39. The van der Waals surface area contributed by atoms with E-state index in [0.717, 1.165) is 5.56 Å². The minimum Gasteiger partial charge on any atom is -0.493 e. The molecule has 1 amide bonds. The first-order chi connectivity index (χ1) is 13.2. The lowest BCUT2D eigenvalue weighted by atomic mass is 10.1. The SMILES string of the molecule is COc1cccc(CCC(=O)N(Cc2cccs2)Cc2cccs2)c1OC. The van der Waals surface area contributed by atoms with E-state index in [1.807, 2.05) is 46.0 Å². The molecule has 0 aliphatic heterocycles. The van der Waals surface area contributed by atoms with E-state index < -0.39 is 0 Å². The van der Waals surface area contributed by atoms with Crippen LogP contribution in [0.2, 0.25) is 0 Å². The molecule has 3 aromatic rings. The monoisotopic (exact) mass is 401 g/mol. The van der Waals surface area contributed by atoms with Crippen molar-refractivity contribution in [1.29, 1.82) is 0 Å². The Hall–Kier alpha value is -2.31. The number of benzene rings is 1. The van der Waals surface area contributed by atoms with Crippen LogP contribution >= 0.6 is 22.7 Å². The zero-order valence-corrected chi connectivity index (χ0v) is 17.1. The highest BCUT2D eigenvalue weighted by Gasteiger charge is 2.17. The fourth-order valence-electron chi connectivity index (χ4n) is 2.96. The Balaban J connectivity index is 1.70. The Morgan fingerprint density at radius 2 is 1.59 bits per heavy atom. The molecule has 142 valence electrons. The van der Waals surface area contributed by atoms with Crippen LogP contribution in [0.15, 0.2) is 53.2 Å². The smallest absolute Gasteiger partial charge is 0.223 e. The van der Waals surface area contributed by atoms with E-state index in [0.29, 0.717) is 37.4 Å². The molecule has 0 saturated carbocycles. The summed E-state index contributed by atoms with van der Waals surface area (Å²) in [6, 6.07) is 14.0. The molecule has 0 N–H and O–H groups in total. The van der Waals surface area contributed by atoms with Gasteiger partial charge in [-0.2, -0.15) is 0 Å². The highest BCUT2D eigenvalue weighted by molar-refractivity contribution is 7.10. The minimum absolute atomic E-state index is 0.140. The molecule has 0 aliphatic rings. The van der Waals surface area contributed by atoms with Gasteiger partial charge in [-0.1, -0.05) is 24.3 Å². The third kappa shape index (κ3) is 5.11. The molecular formula is C21H23NO3S2. The summed E-state index contributed by atoms with van der Waals surface area (Å²) < 4.78 is 10.8. The topological polar surface area (TPSA) is 38.8 Å². The second-order valence-electron chi connectivity index (χ2n) is 6.06. The minimum atomic E-state index is 0.140. The summed E-state index contributed by atoms with van der Waals surface area (Å²) in [7, 11) is 3.25. The predicted octanol–water partition coefficient (Wildman–Crippen LogP) is 4.99. The van der Waals surface area contributed by atoms with E-state index in [-0.39, 0.29) is 5.91 Å². The molecule has 2 heterocycles. The van der Waals surface area contributed by atoms with Crippen LogP contribution in [0, 0.1) is 0 Å². The molecule has 2 aromatic heterocycles. The number of hydrogen-bond acceptors (Lipinski definition) is 5. The quantitative estimate of drug-likeness (QED) is 0.507. The number of hydrogen-bond donors (Lipinski definition) is 0. The normalized spacial score (nSPS) is 10.6. The van der Waals surface area contributed by atoms with Crippen LogP contribution in [0.5, 0.6) is 11.5 Å². The first-order valence-corrected chi connectivity index (χ1v) is 10.5. The lowest BCUT2D eigenvalue weighted by Gasteiger charge is -2.22. The van der Waals surface area contributed by atoms with E-state index in [1.165, 1.54) is 9.75 Å². The van der Waals surface area contributed by atoms with Crippen LogP contribution in [-0.4, -0.2) is 25.0 Å². The lowest BCUT2D eigenvalue weighted by molar-refractivity contribution is -0.132. The molecule has 6 heteroatoms. The van der Waals surface area contributed by atoms with Crippen LogP contribution in [-0.2, 0) is 24.3 Å². The summed E-state index contributed by atoms with van der Waals surface area (Å²) in [6.45, 7) is 1.29. The Labute approximate surface area is 168 Å². The molecule has 4 nitrogen and oxygen atoms in total. The van der Waals surface area contributed by atoms with Crippen molar-refractivity contribution < 1.29 is 14.3 Å². The first kappa shape index (κ1) is 19.5. The summed E-state index contributed by atoms with van der Waals surface area (Å²) in [5.41, 5.74) is 0.984. The number of carbonyl (C=O) groups excluding carboxylic acids is 1. The third-order valence-electron chi connectivity index (χ3n) is 4.30. The van der Waals surface area contributed by atoms with Crippen LogP contribution in [0.3, 0.4) is 0 Å². The number of nitrogens with zero attached hydrogens (tertiary/aromatic N) is 1. The highest BCUT2D eigenvalue weighted by Crippen LogP contribution is 2.31. The standard InChI is InChI=1S/C21H23NO3S2/c1-24-19-9-3-6-16(21(19)25-2)10-11-20(23)22(14-17-7-4-12-26-17)15-18-8-5-13-27-18/h3-9,12-13H,10-11,14-15H2,1-2H3. The van der Waals surface area contributed by atoms with Gasteiger partial charge in [-0.15, -0.1) is 22.7 Å². The van der Waals surface area contributed by atoms with Crippen molar-refractivity contribution in [3.8, 4) is 11.5 Å². The summed E-state index contributed by atoms with van der Waals surface area (Å²) in [5, 5.41) is 4.09. The number of amides is 1. The maximum Gasteiger partial charge on any atom is 0.223 e. The van der Waals surface area contributed by atoms with Crippen LogP contribution in [0.4, 0.5) is 0 Å². The fraction of sp³-hybridized carbons (Fsp3) is 0.286. The zero-order chi connectivity index (χ0) is 19.1. The van der Waals surface area contributed by atoms with E-state index >= 15 is 0 Å². The Kier molecular flexibility index (Phi) is 6.90. The molecule has 0 spiro atoms. The van der Waals surface area contributed by atoms with Crippen LogP contribution < -0.4 is 9.47 Å². The number of methoxy groups -OCH3 is 2. The summed E-state index contributed by atoms with van der Waals surface area (Å²) in [6.07, 6.45) is 1.05. The van der Waals surface area contributed by atoms with Crippen LogP contribution in [0.1, 0.15) is 21.7 Å². The molecule has 0 unspecified atom stereocenters. The van der Waals surface area contributed by atoms with Gasteiger partial charge in [0.05, 0.1) is 27.3 Å². The molecule has 0 aliphatic carbocycles. The van der Waals surface area contributed by atoms with Crippen molar-refractivity contribution in [2.75, 3.05) is 14.2 Å². The van der Waals surface area contributed by atoms with E-state index in [9.17, 15) is 4.79 Å². The molecule has 0 saturated heterocycles. The number of rotatable bonds is 9. The summed E-state index contributed by atoms with van der Waals surface area (Å²) in [5.74, 6) is 1.54. The molecule has 0 radical (unpaired) electrons. The zero-order valence-electron chi connectivity index (χ0n) is 15.5. The molecule has 27 heavy (non-hydrogen) atoms. The lowest BCUT2D eigenvalue weighted by Crippen LogP contribution is -2.29. The van der Waals surface area contributed by atoms with Crippen LogP contribution in [0.25, 0.3) is 0 Å². The Bertz CT molecular complexity index is 808. The van der Waals surface area contributed by atoms with Crippen molar-refractivity contribution in [1.82, 2.24) is 4.90 Å². The number of thiophene rings is 2. The van der Waals surface area contributed by atoms with Gasteiger partial charge >= 0.3 is 0 Å². The molecule has 0 bridgehead atoms. The van der Waals surface area contributed by atoms with Crippen molar-refractivity contribution >= 4 is 28.6 Å². The van der Waals surface area contributed by atoms with E-state index in [4.69, 9.17) is 9.47 Å². The third-order valence-corrected chi connectivity index (χ3v) is 6.02. The van der Waals surface area contributed by atoms with Crippen molar-refractivity contribution in [2.45, 2.75) is 25.9 Å². The van der Waals surface area contributed by atoms with Gasteiger partial charge in [0.15, 0.2) is 11.5 Å². The second-order valence-corrected chi connectivity index (χ2v) is 8.13. The second kappa shape index (κ2) is 9.58. The van der Waals surface area contributed by atoms with E-state index in [2.05, 4.69) is 12.1 Å². The fourth-order valence-corrected chi connectivity index (χ4v) is 4.40. The van der Waals surface area contributed by atoms with Gasteiger partial charge in [0.2, 0.25) is 5.91 Å². The molecule has 3 rings (SSSR count). The number of aryl methyl sites for hydroxylation is 1. The van der Waals surface area contributed by atoms with Gasteiger partial charge in [0, 0.05) is 16.2 Å². The Morgan fingerprint density at radius 1 is 0.926 bits per heavy atom. The largest absolute Gasteiger partial charge is 0.493 e. The van der Waals surface area contributed by atoms with Crippen molar-refractivity contribution in [3.05, 3.63) is 68.5 Å². The van der Waals surface area contributed by atoms with Gasteiger partial charge < -0.3 is 14.4 Å². The molecule has 0 fully saturated rings. The number of ether oxygens (including phenoxy) is 2. The molecule has 0 atom stereocenters. The van der Waals surface area contributed by atoms with Gasteiger partial charge in [0.25, 0.3) is 0 Å². The maximum absolute atomic E-state index is 13.0. The molecular weight excluding hydrogens is 378 g/mol. The number of carbonyl (C=O) groups is 1. The van der Waals surface area contributed by atoms with Crippen molar-refractivity contribution in [2.24, 2.45) is 0 Å². The van der Waals surface area contributed by atoms with Gasteiger partial charge in [-0.25, -0.2) is 0 Å². The van der Waals surface area contributed by atoms with Gasteiger partial charge in [-0.05, 0) is 40.9 Å². The first-order valence-electron chi connectivity index (χ1n) is 8.73. The molecule has 1 aromatic carbocycles. The van der Waals surface area contributed by atoms with Gasteiger partial charge in [-0.3, -0.25) is 4.79 Å². The maximum atomic E-state index is 13.0. The average molecular weight is 402 g/mol. The summed E-state index contributed by atoms with van der Waals surface area (Å²) >= 11 is 3.36. The highest BCUT2D eigenvalue weighted by atomic mass is 32.1. The Morgan fingerprint density at radius 3 is 2.11 bits per heavy atom. The predicted molar refractivity (Wildman–Crippen MR) is 111 cm³/mol.